The first-order valence-electron chi connectivity index (χ1n) is 23.9. The number of imide groups is 1. The van der Waals surface area contributed by atoms with Crippen molar-refractivity contribution < 1.29 is 66.6 Å². The quantitative estimate of drug-likeness (QED) is 0.0321. The number of aromatic nitrogens is 1. The van der Waals surface area contributed by atoms with Crippen LogP contribution < -0.4 is 37.6 Å². The first-order chi connectivity index (χ1) is 36.1. The molecule has 0 radical (unpaired) electrons. The topological polar surface area (TPSA) is 310 Å². The SMILES string of the molecule is CC(C)(C)[C@H](c1cc(-c2cc(F)ccc2F)cn1Cc1ccccc1)N(CC[C@H](NC(=O)[C@H](CC(N)=O)NC(=O)CNC(=O)CNC(=O)OCc1ccccc1)C(=O)NCCNC(=O)CN1C(=O)C=CC1=O)C(=O)CO. The molecule has 0 fully saturated rings. The van der Waals surface area contributed by atoms with Gasteiger partial charge in [0.05, 0.1) is 19.0 Å². The van der Waals surface area contributed by atoms with Gasteiger partial charge >= 0.3 is 6.09 Å². The van der Waals surface area contributed by atoms with Gasteiger partial charge in [0.15, 0.2) is 0 Å². The average Bonchev–Trinajstić information content (AvgIpc) is 3.93. The first-order valence-corrected chi connectivity index (χ1v) is 23.9. The van der Waals surface area contributed by atoms with Gasteiger partial charge in [0, 0.05) is 61.3 Å². The summed E-state index contributed by atoms with van der Waals surface area (Å²) in [5.74, 6) is -9.27. The van der Waals surface area contributed by atoms with Gasteiger partial charge in [-0.3, -0.25) is 48.1 Å². The van der Waals surface area contributed by atoms with E-state index in [0.29, 0.717) is 16.2 Å². The molecule has 3 atom stereocenters. The molecule has 9 N–H and O–H groups in total. The molecule has 4 aromatic rings. The number of ether oxygens (including phenoxy) is 1. The molecular formula is C52H60F2N10O12. The Labute approximate surface area is 435 Å². The van der Waals surface area contributed by atoms with Crippen molar-refractivity contribution in [2.45, 2.75) is 64.9 Å². The predicted octanol–water partition coefficient (Wildman–Crippen LogP) is 0.825. The van der Waals surface area contributed by atoms with Crippen molar-refractivity contribution in [1.82, 2.24) is 46.3 Å². The number of nitrogens with zero attached hydrogens (tertiary/aromatic N) is 3. The number of aliphatic hydroxyl groups is 1. The van der Waals surface area contributed by atoms with Crippen LogP contribution in [0.5, 0.6) is 0 Å². The monoisotopic (exact) mass is 1050 g/mol. The molecule has 0 bridgehead atoms. The molecule has 1 aromatic heterocycles. The van der Waals surface area contributed by atoms with Crippen molar-refractivity contribution in [3.63, 3.8) is 0 Å². The number of halogens is 2. The van der Waals surface area contributed by atoms with E-state index in [2.05, 4.69) is 31.9 Å². The van der Waals surface area contributed by atoms with Gasteiger partial charge in [-0.05, 0) is 47.2 Å². The number of aliphatic hydroxyl groups excluding tert-OH is 1. The molecule has 404 valence electrons. The van der Waals surface area contributed by atoms with Crippen LogP contribution in [-0.2, 0) is 61.0 Å². The van der Waals surface area contributed by atoms with Crippen LogP contribution in [0.3, 0.4) is 0 Å². The minimum Gasteiger partial charge on any atom is -0.445 e. The molecule has 2 heterocycles. The molecule has 1 aliphatic heterocycles. The maximum atomic E-state index is 15.4. The number of amides is 10. The van der Waals surface area contributed by atoms with Crippen LogP contribution in [0.25, 0.3) is 11.1 Å². The van der Waals surface area contributed by atoms with Crippen LogP contribution >= 0.6 is 0 Å². The standard InChI is InChI=1S/C52H60F2N10O12/c1-52(2,3)48(40-22-34(36-23-35(53)14-15-37(36)54)28-62(40)27-32-10-6-4-7-11-32)63(47(72)30-65)21-18-38(49(73)57-20-19-56-44(69)29-64-45(70)16-17-46(64)71)61-50(74)39(24-41(55)66)60-43(68)26-58-42(67)25-59-51(75)76-31-33-12-8-5-9-13-33/h4-17,22-23,28,38-39,48,65H,18-21,24-27,29-31H2,1-3H3,(H2,55,66)(H,56,69)(H,57,73)(H,58,67)(H,59,75)(H,60,68)(H,61,74)/t38-,39-,48-/m0/s1. The van der Waals surface area contributed by atoms with E-state index in [1.165, 1.54) is 4.90 Å². The minimum absolute atomic E-state index is 0.0693. The Morgan fingerprint density at radius 1 is 0.737 bits per heavy atom. The Kier molecular flexibility index (Phi) is 21.0. The number of hydrogen-bond donors (Lipinski definition) is 8. The second-order valence-electron chi connectivity index (χ2n) is 18.5. The number of primary amides is 1. The summed E-state index contributed by atoms with van der Waals surface area (Å²) in [6.07, 6.45) is 1.48. The smallest absolute Gasteiger partial charge is 0.407 e. The van der Waals surface area contributed by atoms with Crippen LogP contribution in [-0.4, -0.2) is 137 Å². The summed E-state index contributed by atoms with van der Waals surface area (Å²) in [4.78, 5) is 131. The van der Waals surface area contributed by atoms with E-state index < -0.39 is 134 Å². The highest BCUT2D eigenvalue weighted by atomic mass is 19.1. The minimum atomic E-state index is -1.74. The number of benzene rings is 3. The summed E-state index contributed by atoms with van der Waals surface area (Å²) in [5, 5.41) is 24.7. The molecule has 3 aromatic carbocycles. The Bertz CT molecular complexity index is 2790. The van der Waals surface area contributed by atoms with Crippen LogP contribution in [0.1, 0.15) is 56.5 Å². The lowest BCUT2D eigenvalue weighted by Crippen LogP contribution is -2.57. The fourth-order valence-electron chi connectivity index (χ4n) is 8.03. The summed E-state index contributed by atoms with van der Waals surface area (Å²) in [6.45, 7) is 1.62. The number of nitrogens with two attached hydrogens (primary N) is 1. The van der Waals surface area contributed by atoms with Gasteiger partial charge in [-0.15, -0.1) is 0 Å². The summed E-state index contributed by atoms with van der Waals surface area (Å²) in [6, 6.07) is 18.1. The van der Waals surface area contributed by atoms with Gasteiger partial charge in [0.2, 0.25) is 41.4 Å². The summed E-state index contributed by atoms with van der Waals surface area (Å²) in [7, 11) is 0. The zero-order valence-electron chi connectivity index (χ0n) is 41.9. The summed E-state index contributed by atoms with van der Waals surface area (Å²) in [5.41, 5.74) is 6.66. The molecule has 22 nitrogen and oxygen atoms in total. The normalized spacial score (nSPS) is 13.2. The second-order valence-corrected chi connectivity index (χ2v) is 18.5. The Morgan fingerprint density at radius 2 is 1.37 bits per heavy atom. The molecule has 0 spiro atoms. The third kappa shape index (κ3) is 17.4. The van der Waals surface area contributed by atoms with Gasteiger partial charge in [0.1, 0.15) is 50.0 Å². The van der Waals surface area contributed by atoms with Crippen molar-refractivity contribution in [3.05, 3.63) is 132 Å². The molecule has 5 rings (SSSR count). The number of carbonyl (C=O) groups is 10. The lowest BCUT2D eigenvalue weighted by molar-refractivity contribution is -0.141. The first kappa shape index (κ1) is 58.1. The van der Waals surface area contributed by atoms with Crippen molar-refractivity contribution in [1.29, 1.82) is 0 Å². The van der Waals surface area contributed by atoms with Crippen LogP contribution in [0, 0.1) is 17.0 Å². The number of hydrogen-bond acceptors (Lipinski definition) is 12. The van der Waals surface area contributed by atoms with E-state index in [0.717, 1.165) is 35.9 Å². The second kappa shape index (κ2) is 27.5. The fraction of sp³-hybridized carbons (Fsp3) is 0.346. The number of carbonyl (C=O) groups excluding carboxylic acids is 10. The third-order valence-corrected chi connectivity index (χ3v) is 11.6. The number of alkyl carbamates (subject to hydrolysis) is 1. The van der Waals surface area contributed by atoms with Crippen LogP contribution in [0.15, 0.2) is 103 Å². The fourth-order valence-corrected chi connectivity index (χ4v) is 8.03. The average molecular weight is 1060 g/mol. The zero-order valence-corrected chi connectivity index (χ0v) is 41.9. The molecule has 0 saturated heterocycles. The van der Waals surface area contributed by atoms with Crippen molar-refractivity contribution >= 4 is 59.3 Å². The van der Waals surface area contributed by atoms with Crippen molar-refractivity contribution in [3.8, 4) is 11.1 Å². The van der Waals surface area contributed by atoms with Gasteiger partial charge in [-0.1, -0.05) is 81.4 Å². The highest BCUT2D eigenvalue weighted by Crippen LogP contribution is 2.41. The molecule has 0 unspecified atom stereocenters. The Hall–Kier alpha value is -8.80. The Balaban J connectivity index is 1.37. The lowest BCUT2D eigenvalue weighted by atomic mass is 9.82. The van der Waals surface area contributed by atoms with Crippen molar-refractivity contribution in [2.24, 2.45) is 11.1 Å². The largest absolute Gasteiger partial charge is 0.445 e. The van der Waals surface area contributed by atoms with Gasteiger partial charge in [0.25, 0.3) is 11.8 Å². The molecule has 0 saturated carbocycles. The molecule has 24 heteroatoms. The molecule has 10 amide bonds. The molecule has 76 heavy (non-hydrogen) atoms. The third-order valence-electron chi connectivity index (χ3n) is 11.6. The zero-order chi connectivity index (χ0) is 55.5. The summed E-state index contributed by atoms with van der Waals surface area (Å²) >= 11 is 0. The molecular weight excluding hydrogens is 995 g/mol. The van der Waals surface area contributed by atoms with Crippen LogP contribution in [0.4, 0.5) is 13.6 Å². The van der Waals surface area contributed by atoms with E-state index >= 15 is 4.39 Å². The van der Waals surface area contributed by atoms with E-state index in [9.17, 15) is 57.4 Å². The number of rotatable bonds is 26. The van der Waals surface area contributed by atoms with E-state index in [1.54, 1.807) is 67.9 Å². The van der Waals surface area contributed by atoms with Crippen molar-refractivity contribution in [2.75, 3.05) is 45.9 Å². The predicted molar refractivity (Wildman–Crippen MR) is 268 cm³/mol. The maximum absolute atomic E-state index is 15.4. The number of nitrogens with one attached hydrogen (secondary N) is 6. The van der Waals surface area contributed by atoms with E-state index in [-0.39, 0.29) is 43.9 Å². The van der Waals surface area contributed by atoms with E-state index in [1.807, 2.05) is 30.3 Å². The highest BCUT2D eigenvalue weighted by molar-refractivity contribution is 6.14. The van der Waals surface area contributed by atoms with Gasteiger partial charge in [-0.25, -0.2) is 13.6 Å². The molecule has 0 aliphatic carbocycles. The van der Waals surface area contributed by atoms with E-state index in [4.69, 9.17) is 10.5 Å². The lowest BCUT2D eigenvalue weighted by Gasteiger charge is -2.41. The molecule has 1 aliphatic rings. The van der Waals surface area contributed by atoms with Crippen LogP contribution in [0.2, 0.25) is 0 Å². The van der Waals surface area contributed by atoms with Gasteiger partial charge in [-0.2, -0.15) is 0 Å². The Morgan fingerprint density at radius 3 is 2.00 bits per heavy atom. The maximum Gasteiger partial charge on any atom is 0.407 e. The summed E-state index contributed by atoms with van der Waals surface area (Å²) < 4.78 is 36.8. The highest BCUT2D eigenvalue weighted by Gasteiger charge is 2.38. The van der Waals surface area contributed by atoms with Gasteiger partial charge < -0.3 is 56.9 Å².